The maximum Gasteiger partial charge on any atom is 0.0344 e. The van der Waals surface area contributed by atoms with Gasteiger partial charge in [-0.2, -0.15) is 0 Å². The molecule has 2 heteroatoms. The average Bonchev–Trinajstić information content (AvgIpc) is 2.59. The molecule has 0 aliphatic rings. The summed E-state index contributed by atoms with van der Waals surface area (Å²) in [5.41, 5.74) is 0. The van der Waals surface area contributed by atoms with E-state index in [1.54, 1.807) is 0 Å². The van der Waals surface area contributed by atoms with Crippen molar-refractivity contribution in [1.82, 2.24) is 4.68 Å². The fourth-order valence-electron chi connectivity index (χ4n) is 1.29. The van der Waals surface area contributed by atoms with E-state index in [9.17, 15) is 0 Å². The molecule has 2 nitrogen and oxygen atoms in total. The van der Waals surface area contributed by atoms with Crippen molar-refractivity contribution >= 4 is 0 Å². The smallest absolute Gasteiger partial charge is 0.0344 e. The van der Waals surface area contributed by atoms with Gasteiger partial charge in [-0.15, -0.1) is 0 Å². The maximum absolute atomic E-state index is 2.34. The lowest BCUT2D eigenvalue weighted by Crippen LogP contribution is -2.33. The second kappa shape index (κ2) is 4.86. The Hall–Kier alpha value is -0.920. The Morgan fingerprint density at radius 1 is 1.17 bits per heavy atom. The van der Waals surface area contributed by atoms with Gasteiger partial charge in [0.2, 0.25) is 0 Å². The van der Waals surface area contributed by atoms with Crippen molar-refractivity contribution in [1.29, 1.82) is 0 Å². The third kappa shape index (κ3) is 2.29. The van der Waals surface area contributed by atoms with Crippen LogP contribution < -0.4 is 5.01 Å². The zero-order valence-corrected chi connectivity index (χ0v) is 8.03. The molecule has 1 aromatic rings. The molecule has 12 heavy (non-hydrogen) atoms. The molecule has 0 saturated heterocycles. The monoisotopic (exact) mass is 166 g/mol. The fourth-order valence-corrected chi connectivity index (χ4v) is 1.29. The van der Waals surface area contributed by atoms with Crippen LogP contribution in [0, 0.1) is 0 Å². The number of hydrogen-bond acceptors (Lipinski definition) is 1. The molecular weight excluding hydrogens is 148 g/mol. The van der Waals surface area contributed by atoms with Gasteiger partial charge in [-0.3, -0.25) is 4.68 Å². The quantitative estimate of drug-likeness (QED) is 0.651. The van der Waals surface area contributed by atoms with Crippen LogP contribution in [0.1, 0.15) is 26.7 Å². The second-order valence-electron chi connectivity index (χ2n) is 2.96. The molecule has 0 N–H and O–H groups in total. The highest BCUT2D eigenvalue weighted by Crippen LogP contribution is 1.96. The van der Waals surface area contributed by atoms with Crippen LogP contribution in [0.4, 0.5) is 0 Å². The van der Waals surface area contributed by atoms with Gasteiger partial charge in [0, 0.05) is 25.5 Å². The largest absolute Gasteiger partial charge is 0.314 e. The fraction of sp³-hybridized carbons (Fsp3) is 0.600. The van der Waals surface area contributed by atoms with Crippen LogP contribution in [0.5, 0.6) is 0 Å². The van der Waals surface area contributed by atoms with Crippen LogP contribution in [-0.4, -0.2) is 17.8 Å². The highest BCUT2D eigenvalue weighted by atomic mass is 15.5. The number of aromatic nitrogens is 1. The van der Waals surface area contributed by atoms with Gasteiger partial charge < -0.3 is 5.01 Å². The van der Waals surface area contributed by atoms with Crippen LogP contribution in [0.15, 0.2) is 24.5 Å². The van der Waals surface area contributed by atoms with Gasteiger partial charge in [0.15, 0.2) is 0 Å². The van der Waals surface area contributed by atoms with Crippen LogP contribution in [0.25, 0.3) is 0 Å². The molecular formula is C10H18N2. The lowest BCUT2D eigenvalue weighted by Gasteiger charge is -2.23. The van der Waals surface area contributed by atoms with Gasteiger partial charge in [-0.05, 0) is 25.5 Å². The zero-order valence-electron chi connectivity index (χ0n) is 8.03. The first kappa shape index (κ1) is 9.17. The minimum atomic E-state index is 1.08. The number of unbranched alkanes of at least 4 members (excludes halogenated alkanes) is 1. The zero-order chi connectivity index (χ0) is 8.81. The molecule has 0 amide bonds. The predicted octanol–water partition coefficient (Wildman–Crippen LogP) is 2.25. The summed E-state index contributed by atoms with van der Waals surface area (Å²) in [4.78, 5) is 0. The van der Waals surface area contributed by atoms with Crippen LogP contribution in [0.2, 0.25) is 0 Å². The minimum absolute atomic E-state index is 1.08. The van der Waals surface area contributed by atoms with E-state index in [1.807, 2.05) is 0 Å². The predicted molar refractivity (Wildman–Crippen MR) is 53.0 cm³/mol. The third-order valence-electron chi connectivity index (χ3n) is 2.05. The van der Waals surface area contributed by atoms with Gasteiger partial charge >= 0.3 is 0 Å². The normalized spacial score (nSPS) is 10.2. The number of rotatable bonds is 5. The van der Waals surface area contributed by atoms with Gasteiger partial charge in [0.1, 0.15) is 0 Å². The third-order valence-corrected chi connectivity index (χ3v) is 2.05. The summed E-state index contributed by atoms with van der Waals surface area (Å²) in [7, 11) is 0. The Labute approximate surface area is 74.8 Å². The standard InChI is InChI=1S/C10H18N2/c1-3-5-8-11(4-2)12-9-6-7-10-12/h6-7,9-10H,3-5,8H2,1-2H3. The topological polar surface area (TPSA) is 8.17 Å². The van der Waals surface area contributed by atoms with Crippen LogP contribution in [0.3, 0.4) is 0 Å². The number of hydrogen-bond donors (Lipinski definition) is 0. The Bertz CT molecular complexity index is 192. The summed E-state index contributed by atoms with van der Waals surface area (Å²) in [6.07, 6.45) is 6.72. The summed E-state index contributed by atoms with van der Waals surface area (Å²) < 4.78 is 2.16. The lowest BCUT2D eigenvalue weighted by molar-refractivity contribution is 0.578. The molecule has 68 valence electrons. The van der Waals surface area contributed by atoms with E-state index < -0.39 is 0 Å². The van der Waals surface area contributed by atoms with Crippen molar-refractivity contribution in [2.75, 3.05) is 18.1 Å². The molecule has 0 fully saturated rings. The van der Waals surface area contributed by atoms with Crippen molar-refractivity contribution in [3.63, 3.8) is 0 Å². The molecule has 0 aromatic carbocycles. The van der Waals surface area contributed by atoms with Crippen LogP contribution >= 0.6 is 0 Å². The molecule has 1 heterocycles. The minimum Gasteiger partial charge on any atom is -0.314 e. The number of nitrogens with zero attached hydrogens (tertiary/aromatic N) is 2. The summed E-state index contributed by atoms with van der Waals surface area (Å²) in [5.74, 6) is 0. The molecule has 0 aliphatic heterocycles. The second-order valence-corrected chi connectivity index (χ2v) is 2.96. The Morgan fingerprint density at radius 2 is 1.83 bits per heavy atom. The molecule has 0 bridgehead atoms. The first-order valence-corrected chi connectivity index (χ1v) is 4.76. The SMILES string of the molecule is CCCCN(CC)n1cccc1. The van der Waals surface area contributed by atoms with E-state index in [0.717, 1.165) is 13.1 Å². The Kier molecular flexibility index (Phi) is 3.71. The van der Waals surface area contributed by atoms with Crippen molar-refractivity contribution in [2.24, 2.45) is 0 Å². The lowest BCUT2D eigenvalue weighted by atomic mass is 10.3. The summed E-state index contributed by atoms with van der Waals surface area (Å²) in [6, 6.07) is 4.13. The summed E-state index contributed by atoms with van der Waals surface area (Å²) >= 11 is 0. The van der Waals surface area contributed by atoms with E-state index in [2.05, 4.69) is 48.1 Å². The molecule has 0 unspecified atom stereocenters. The van der Waals surface area contributed by atoms with E-state index in [4.69, 9.17) is 0 Å². The average molecular weight is 166 g/mol. The van der Waals surface area contributed by atoms with E-state index in [0.29, 0.717) is 0 Å². The molecule has 1 rings (SSSR count). The van der Waals surface area contributed by atoms with Crippen molar-refractivity contribution < 1.29 is 0 Å². The highest BCUT2D eigenvalue weighted by Gasteiger charge is 1.98. The maximum atomic E-state index is 2.34. The van der Waals surface area contributed by atoms with E-state index in [1.165, 1.54) is 12.8 Å². The first-order chi connectivity index (χ1) is 5.88. The van der Waals surface area contributed by atoms with Gasteiger partial charge in [-0.1, -0.05) is 13.3 Å². The van der Waals surface area contributed by atoms with Gasteiger partial charge in [0.25, 0.3) is 0 Å². The molecule has 0 saturated carbocycles. The molecule has 0 aliphatic carbocycles. The summed E-state index contributed by atoms with van der Waals surface area (Å²) in [6.45, 7) is 6.65. The Balaban J connectivity index is 2.45. The van der Waals surface area contributed by atoms with Crippen molar-refractivity contribution in [3.8, 4) is 0 Å². The molecule has 1 aromatic heterocycles. The van der Waals surface area contributed by atoms with E-state index >= 15 is 0 Å². The van der Waals surface area contributed by atoms with E-state index in [-0.39, 0.29) is 0 Å². The van der Waals surface area contributed by atoms with Gasteiger partial charge in [-0.25, -0.2) is 0 Å². The first-order valence-electron chi connectivity index (χ1n) is 4.76. The highest BCUT2D eigenvalue weighted by molar-refractivity contribution is 4.96. The summed E-state index contributed by atoms with van der Waals surface area (Å²) in [5, 5.41) is 2.34. The van der Waals surface area contributed by atoms with Gasteiger partial charge in [0.05, 0.1) is 0 Å². The van der Waals surface area contributed by atoms with Crippen molar-refractivity contribution in [3.05, 3.63) is 24.5 Å². The Morgan fingerprint density at radius 3 is 2.33 bits per heavy atom. The molecule has 0 atom stereocenters. The molecule has 0 spiro atoms. The van der Waals surface area contributed by atoms with Crippen molar-refractivity contribution in [2.45, 2.75) is 26.7 Å². The van der Waals surface area contributed by atoms with Crippen LogP contribution in [-0.2, 0) is 0 Å². The molecule has 0 radical (unpaired) electrons.